The molecule has 18 nitrogen and oxygen atoms in total. The predicted octanol–water partition coefficient (Wildman–Crippen LogP) is 15.7. The predicted molar refractivity (Wildman–Crippen MR) is 376 cm³/mol. The number of anilines is 3. The number of halogens is 3. The van der Waals surface area contributed by atoms with Gasteiger partial charge in [-0.25, -0.2) is 27.6 Å². The van der Waals surface area contributed by atoms with Gasteiger partial charge < -0.3 is 60.3 Å². The Morgan fingerprint density at radius 2 is 0.640 bits per heavy atom. The van der Waals surface area contributed by atoms with Crippen LogP contribution in [0.2, 0.25) is 0 Å². The van der Waals surface area contributed by atoms with Crippen LogP contribution in [0.5, 0.6) is 34.5 Å². The van der Waals surface area contributed by atoms with Gasteiger partial charge in [0.05, 0.1) is 61.7 Å². The second-order valence-electron chi connectivity index (χ2n) is 25.2. The first-order valence-electron chi connectivity index (χ1n) is 33.2. The minimum Gasteiger partial charge on any atom is -0.508 e. The minimum absolute atomic E-state index is 0.0563. The van der Waals surface area contributed by atoms with Crippen LogP contribution >= 0.6 is 0 Å². The number of benzene rings is 9. The van der Waals surface area contributed by atoms with Crippen LogP contribution in [-0.2, 0) is 0 Å². The van der Waals surface area contributed by atoms with E-state index in [1.807, 2.05) is 91.0 Å². The molecule has 3 fully saturated rings. The Labute approximate surface area is 579 Å². The number of hydrogen-bond acceptors (Lipinski definition) is 12. The normalized spacial score (nSPS) is 19.1. The molecular formula is C79H83F3N6O12. The summed E-state index contributed by atoms with van der Waals surface area (Å²) in [4.78, 5) is 49.9. The third kappa shape index (κ3) is 16.5. The Morgan fingerprint density at radius 1 is 0.370 bits per heavy atom. The van der Waals surface area contributed by atoms with E-state index in [1.54, 1.807) is 117 Å². The fourth-order valence-corrected chi connectivity index (χ4v) is 13.7. The first-order valence-corrected chi connectivity index (χ1v) is 33.2. The summed E-state index contributed by atoms with van der Waals surface area (Å²) in [6.07, 6.45) is 2.79. The average Bonchev–Trinajstić information content (AvgIpc) is 1.62. The molecular weight excluding hydrogens is 1280 g/mol. The number of para-hydroxylation sites is 3. The number of urea groups is 3. The van der Waals surface area contributed by atoms with Crippen molar-refractivity contribution in [2.24, 2.45) is 0 Å². The van der Waals surface area contributed by atoms with Crippen LogP contribution in [0.4, 0.5) is 44.6 Å². The largest absolute Gasteiger partial charge is 0.508 e. The lowest BCUT2D eigenvalue weighted by atomic mass is 9.92. The van der Waals surface area contributed by atoms with Crippen molar-refractivity contribution in [2.45, 2.75) is 112 Å². The Balaban J connectivity index is 0.000000162. The summed E-state index contributed by atoms with van der Waals surface area (Å²) < 4.78 is 44.8. The van der Waals surface area contributed by atoms with Gasteiger partial charge in [0.15, 0.2) is 0 Å². The van der Waals surface area contributed by atoms with Crippen molar-refractivity contribution in [3.05, 3.63) is 269 Å². The number of methoxy groups -OCH3 is 1. The Bertz CT molecular complexity index is 4010. The smallest absolute Gasteiger partial charge is 0.325 e. The van der Waals surface area contributed by atoms with Crippen molar-refractivity contribution in [1.82, 2.24) is 14.7 Å². The number of aromatic hydroxyl groups is 5. The van der Waals surface area contributed by atoms with Gasteiger partial charge in [-0.3, -0.25) is 14.7 Å². The van der Waals surface area contributed by atoms with Gasteiger partial charge in [0, 0.05) is 73.1 Å². The second kappa shape index (κ2) is 32.7. The van der Waals surface area contributed by atoms with Crippen molar-refractivity contribution >= 4 is 35.2 Å². The first-order chi connectivity index (χ1) is 48.1. The van der Waals surface area contributed by atoms with E-state index in [9.17, 15) is 68.4 Å². The third-order valence-electron chi connectivity index (χ3n) is 19.0. The third-order valence-corrected chi connectivity index (χ3v) is 19.0. The number of aliphatic hydroxyl groups is 3. The van der Waals surface area contributed by atoms with E-state index in [-0.39, 0.29) is 82.4 Å². The number of nitrogens with zero attached hydrogens (tertiary/aromatic N) is 6. The molecule has 0 radical (unpaired) electrons. The summed E-state index contributed by atoms with van der Waals surface area (Å²) in [5.74, 6) is -0.734. The molecule has 4 unspecified atom stereocenters. The highest BCUT2D eigenvalue weighted by molar-refractivity contribution is 5.97. The molecule has 100 heavy (non-hydrogen) atoms. The van der Waals surface area contributed by atoms with Crippen LogP contribution in [0.15, 0.2) is 218 Å². The number of amides is 6. The number of hydrogen-bond donors (Lipinski definition) is 8. The van der Waals surface area contributed by atoms with Crippen molar-refractivity contribution in [1.29, 1.82) is 0 Å². The molecule has 9 atom stereocenters. The van der Waals surface area contributed by atoms with Crippen molar-refractivity contribution < 1.29 is 73.1 Å². The van der Waals surface area contributed by atoms with Gasteiger partial charge in [0.1, 0.15) is 51.9 Å². The Morgan fingerprint density at radius 3 is 0.900 bits per heavy atom. The lowest BCUT2D eigenvalue weighted by Gasteiger charge is -2.28. The van der Waals surface area contributed by atoms with Crippen molar-refractivity contribution in [3.63, 3.8) is 0 Å². The molecule has 0 aliphatic carbocycles. The maximum atomic E-state index is 13.3. The molecule has 0 saturated carbocycles. The highest BCUT2D eigenvalue weighted by Gasteiger charge is 2.49. The minimum atomic E-state index is -0.737. The van der Waals surface area contributed by atoms with Gasteiger partial charge in [-0.05, 0) is 184 Å². The number of phenols is 5. The van der Waals surface area contributed by atoms with Gasteiger partial charge in [0.25, 0.3) is 0 Å². The van der Waals surface area contributed by atoms with Crippen LogP contribution in [-0.4, -0.2) is 120 Å². The van der Waals surface area contributed by atoms with Crippen molar-refractivity contribution in [2.75, 3.05) is 43.0 Å². The van der Waals surface area contributed by atoms with Gasteiger partial charge >= 0.3 is 18.1 Å². The van der Waals surface area contributed by atoms with E-state index < -0.39 is 36.4 Å². The molecule has 3 saturated heterocycles. The molecule has 3 aliphatic heterocycles. The summed E-state index contributed by atoms with van der Waals surface area (Å²) >= 11 is 0. The number of ether oxygens (including phenoxy) is 1. The fourth-order valence-electron chi connectivity index (χ4n) is 13.7. The van der Waals surface area contributed by atoms with E-state index >= 15 is 0 Å². The summed E-state index contributed by atoms with van der Waals surface area (Å²) in [5, 5.41) is 83.1. The lowest BCUT2D eigenvalue weighted by Crippen LogP contribution is -2.31. The molecule has 6 amide bonds. The number of phenolic OH excluding ortho intramolecular Hbond substituents is 5. The fraction of sp³-hybridized carbons (Fsp3) is 0.278. The standard InChI is InChI=1S/C27H29FN2O4.2C26H27FN2O4/c1-29-23(9-6-10-24(31)18-11-13-19(28)14-12-18)26(22-16-15-21(34-2)17-25(22)32)30(27(29)33)20-7-4-3-5-8-20;2*1-28-22(8-5-9-23(31)17-10-12-18(27)13-11-17)25(21-15-14-20(30)16-24(21)32)29(26(28)33)19-6-3-2-4-7-19/h3-5,7-8,11-17,23-24,26,31-32H,6,9-10H2,1-2H3;2*2-4,6-7,10-16,22-23,25,30-32H,5,8-9H2,1H3/t23-,24-,26-;22-,23?,25-;/m11./s1. The molecule has 3 heterocycles. The van der Waals surface area contributed by atoms with Gasteiger partial charge in [-0.15, -0.1) is 0 Å². The quantitative estimate of drug-likeness (QED) is 0.0316. The zero-order valence-electron chi connectivity index (χ0n) is 55.9. The van der Waals surface area contributed by atoms with Crippen molar-refractivity contribution in [3.8, 4) is 34.5 Å². The topological polar surface area (TPSA) is 242 Å². The molecule has 3 aliphatic rings. The molecule has 8 N–H and O–H groups in total. The number of aliphatic hydroxyl groups excluding tert-OH is 3. The van der Waals surface area contributed by atoms with Crippen LogP contribution < -0.4 is 19.4 Å². The maximum Gasteiger partial charge on any atom is 0.325 e. The first kappa shape index (κ1) is 72.0. The monoisotopic (exact) mass is 1360 g/mol. The molecule has 12 rings (SSSR count). The highest BCUT2D eigenvalue weighted by atomic mass is 19.1. The van der Waals surface area contributed by atoms with E-state index in [4.69, 9.17) is 4.74 Å². The summed E-state index contributed by atoms with van der Waals surface area (Å²) in [5.41, 5.74) is 5.82. The maximum absolute atomic E-state index is 13.3. The summed E-state index contributed by atoms with van der Waals surface area (Å²) in [6.45, 7) is 0. The molecule has 0 spiro atoms. The number of carbonyl (C=O) groups excluding carboxylic acids is 3. The van der Waals surface area contributed by atoms with Crippen LogP contribution in [0.3, 0.4) is 0 Å². The number of rotatable bonds is 22. The van der Waals surface area contributed by atoms with Crippen LogP contribution in [0.1, 0.15) is 128 Å². The van der Waals surface area contributed by atoms with Gasteiger partial charge in [-0.1, -0.05) is 91.0 Å². The van der Waals surface area contributed by atoms with E-state index in [0.717, 1.165) is 5.69 Å². The van der Waals surface area contributed by atoms with Gasteiger partial charge in [-0.2, -0.15) is 0 Å². The average molecular weight is 1370 g/mol. The van der Waals surface area contributed by atoms with Crippen LogP contribution in [0.25, 0.3) is 0 Å². The van der Waals surface area contributed by atoms with Crippen LogP contribution in [0, 0.1) is 17.5 Å². The second-order valence-corrected chi connectivity index (χ2v) is 25.2. The molecule has 9 aromatic rings. The molecule has 0 aromatic heterocycles. The zero-order valence-corrected chi connectivity index (χ0v) is 55.9. The zero-order chi connectivity index (χ0) is 71.3. The number of carbonyl (C=O) groups is 3. The highest BCUT2D eigenvalue weighted by Crippen LogP contribution is 2.48. The summed E-state index contributed by atoms with van der Waals surface area (Å²) in [7, 11) is 6.76. The molecule has 0 bridgehead atoms. The van der Waals surface area contributed by atoms with E-state index in [1.165, 1.54) is 67.8 Å². The van der Waals surface area contributed by atoms with E-state index in [2.05, 4.69) is 0 Å². The lowest BCUT2D eigenvalue weighted by molar-refractivity contribution is 0.157. The Hall–Kier alpha value is -10.7. The molecule has 21 heteroatoms. The number of likely N-dealkylation sites (N-methyl/N-ethyl adjacent to an activating group) is 3. The summed E-state index contributed by atoms with van der Waals surface area (Å²) in [6, 6.07) is 56.6. The Kier molecular flexibility index (Phi) is 23.6. The SMILES string of the molecule is CN1C(=O)N(c2ccccc2)C(c2ccc(O)cc2O)C1CCCC(O)c1ccc(F)cc1.CN1C(=O)N(c2ccccc2)[C@H](c2ccc(O)cc2O)[C@H]1CCCC(O)c1ccc(F)cc1.COc1ccc([C@@H]2[C@@H](CCC[C@@H](O)c3ccc(F)cc3)N(C)C(=O)N2c2ccccc2)c(O)c1. The van der Waals surface area contributed by atoms with E-state index in [0.29, 0.717) is 108 Å². The molecule has 522 valence electrons. The van der Waals surface area contributed by atoms with Gasteiger partial charge in [0.2, 0.25) is 0 Å². The molecule has 9 aromatic carbocycles.